The first kappa shape index (κ1) is 18.4. The van der Waals surface area contributed by atoms with Crippen LogP contribution < -0.4 is 9.62 Å². The molecule has 0 aliphatic heterocycles. The SMILES string of the molecule is O=C(OOc1ccccc1C(F)(F)F)Oc1ccccc1C(F)(F)F. The summed E-state index contributed by atoms with van der Waals surface area (Å²) in [4.78, 5) is 19.7. The van der Waals surface area contributed by atoms with Gasteiger partial charge in [0.2, 0.25) is 0 Å². The van der Waals surface area contributed by atoms with Crippen LogP contribution >= 0.6 is 0 Å². The number of hydrogen-bond donors (Lipinski definition) is 0. The van der Waals surface area contributed by atoms with Crippen molar-refractivity contribution >= 4 is 6.16 Å². The molecule has 25 heavy (non-hydrogen) atoms. The lowest BCUT2D eigenvalue weighted by molar-refractivity contribution is -0.174. The zero-order chi connectivity index (χ0) is 18.7. The minimum Gasteiger partial charge on any atom is -0.392 e. The average molecular weight is 366 g/mol. The van der Waals surface area contributed by atoms with E-state index in [1.54, 1.807) is 0 Å². The highest BCUT2D eigenvalue weighted by molar-refractivity contribution is 5.64. The van der Waals surface area contributed by atoms with Crippen molar-refractivity contribution in [2.24, 2.45) is 0 Å². The van der Waals surface area contributed by atoms with Crippen molar-refractivity contribution in [1.29, 1.82) is 0 Å². The number of alkyl halides is 6. The molecule has 2 aromatic carbocycles. The van der Waals surface area contributed by atoms with Gasteiger partial charge in [0.05, 0.1) is 5.56 Å². The number of carbonyl (C=O) groups is 1. The molecule has 0 N–H and O–H groups in total. The molecule has 0 aliphatic carbocycles. The van der Waals surface area contributed by atoms with Gasteiger partial charge >= 0.3 is 18.5 Å². The lowest BCUT2D eigenvalue weighted by Gasteiger charge is -2.13. The van der Waals surface area contributed by atoms with Crippen molar-refractivity contribution in [3.8, 4) is 11.5 Å². The summed E-state index contributed by atoms with van der Waals surface area (Å²) in [5.41, 5.74) is -2.50. The van der Waals surface area contributed by atoms with Gasteiger partial charge in [0.1, 0.15) is 11.3 Å². The van der Waals surface area contributed by atoms with Crippen LogP contribution in [0.3, 0.4) is 0 Å². The number of rotatable bonds is 3. The molecule has 0 spiro atoms. The number of ether oxygens (including phenoxy) is 1. The first-order valence-corrected chi connectivity index (χ1v) is 6.48. The zero-order valence-corrected chi connectivity index (χ0v) is 12.0. The van der Waals surface area contributed by atoms with E-state index in [2.05, 4.69) is 14.5 Å². The van der Waals surface area contributed by atoms with E-state index in [1.165, 1.54) is 6.07 Å². The highest BCUT2D eigenvalue weighted by Crippen LogP contribution is 2.37. The molecule has 2 rings (SSSR count). The molecular formula is C15H8F6O4. The van der Waals surface area contributed by atoms with E-state index in [0.717, 1.165) is 30.3 Å². The second-order valence-corrected chi connectivity index (χ2v) is 4.51. The van der Waals surface area contributed by atoms with Crippen molar-refractivity contribution in [3.05, 3.63) is 59.7 Å². The van der Waals surface area contributed by atoms with E-state index in [1.807, 2.05) is 0 Å². The Morgan fingerprint density at radius 1 is 0.720 bits per heavy atom. The summed E-state index contributed by atoms with van der Waals surface area (Å²) in [6.07, 6.45) is -11.4. The minimum atomic E-state index is -4.80. The average Bonchev–Trinajstić information content (AvgIpc) is 2.52. The molecule has 0 aliphatic rings. The van der Waals surface area contributed by atoms with Gasteiger partial charge in [-0.05, 0) is 24.3 Å². The summed E-state index contributed by atoms with van der Waals surface area (Å²) in [5.74, 6) is -1.73. The summed E-state index contributed by atoms with van der Waals surface area (Å²) >= 11 is 0. The highest BCUT2D eigenvalue weighted by Gasteiger charge is 2.36. The first-order valence-electron chi connectivity index (χ1n) is 6.48. The Labute approximate surface area is 136 Å². The molecule has 134 valence electrons. The molecule has 0 saturated carbocycles. The van der Waals surface area contributed by atoms with Gasteiger partial charge in [0.15, 0.2) is 5.75 Å². The molecule has 0 aromatic heterocycles. The monoisotopic (exact) mass is 366 g/mol. The van der Waals surface area contributed by atoms with E-state index in [9.17, 15) is 31.1 Å². The van der Waals surface area contributed by atoms with Crippen LogP contribution in [0.5, 0.6) is 11.5 Å². The molecule has 0 radical (unpaired) electrons. The third-order valence-corrected chi connectivity index (χ3v) is 2.78. The molecule has 2 aromatic rings. The lowest BCUT2D eigenvalue weighted by Crippen LogP contribution is -2.17. The number of benzene rings is 2. The number of hydrogen-bond acceptors (Lipinski definition) is 4. The Hall–Kier alpha value is -2.91. The molecule has 0 unspecified atom stereocenters. The van der Waals surface area contributed by atoms with Crippen molar-refractivity contribution in [3.63, 3.8) is 0 Å². The van der Waals surface area contributed by atoms with E-state index >= 15 is 0 Å². The smallest absolute Gasteiger partial charge is 0.392 e. The van der Waals surface area contributed by atoms with Crippen molar-refractivity contribution in [1.82, 2.24) is 0 Å². The largest absolute Gasteiger partial charge is 0.555 e. The maximum absolute atomic E-state index is 12.7. The Morgan fingerprint density at radius 3 is 1.68 bits per heavy atom. The van der Waals surface area contributed by atoms with Gasteiger partial charge in [-0.2, -0.15) is 31.1 Å². The van der Waals surface area contributed by atoms with Crippen molar-refractivity contribution in [2.45, 2.75) is 12.4 Å². The van der Waals surface area contributed by atoms with E-state index < -0.39 is 41.1 Å². The topological polar surface area (TPSA) is 44.8 Å². The van der Waals surface area contributed by atoms with Gasteiger partial charge in [-0.3, -0.25) is 4.89 Å². The quantitative estimate of drug-likeness (QED) is 0.245. The van der Waals surface area contributed by atoms with E-state index in [0.29, 0.717) is 12.1 Å². The fourth-order valence-electron chi connectivity index (χ4n) is 1.75. The molecule has 0 saturated heterocycles. The van der Waals surface area contributed by atoms with Crippen LogP contribution in [0.25, 0.3) is 0 Å². The van der Waals surface area contributed by atoms with Gasteiger partial charge < -0.3 is 4.74 Å². The maximum Gasteiger partial charge on any atom is 0.555 e. The van der Waals surface area contributed by atoms with Crippen LogP contribution in [0.1, 0.15) is 11.1 Å². The van der Waals surface area contributed by atoms with Gasteiger partial charge in [0.25, 0.3) is 0 Å². The van der Waals surface area contributed by atoms with Crippen LogP contribution in [-0.2, 0) is 17.2 Å². The number of para-hydroxylation sites is 2. The predicted octanol–water partition coefficient (Wildman–Crippen LogP) is 5.23. The molecule has 10 heteroatoms. The van der Waals surface area contributed by atoms with Gasteiger partial charge in [-0.25, -0.2) is 4.89 Å². The number of halogens is 6. The third-order valence-electron chi connectivity index (χ3n) is 2.78. The Bertz CT molecular complexity index is 754. The second-order valence-electron chi connectivity index (χ2n) is 4.51. The fourth-order valence-corrected chi connectivity index (χ4v) is 1.75. The minimum absolute atomic E-state index is 0.655. The van der Waals surface area contributed by atoms with E-state index in [4.69, 9.17) is 0 Å². The molecule has 0 bridgehead atoms. The molecular weight excluding hydrogens is 358 g/mol. The number of carbonyl (C=O) groups excluding carboxylic acids is 1. The zero-order valence-electron chi connectivity index (χ0n) is 12.0. The summed E-state index contributed by atoms with van der Waals surface area (Å²) in [6, 6.07) is 7.51. The normalized spacial score (nSPS) is 11.8. The van der Waals surface area contributed by atoms with Crippen LogP contribution in [0, 0.1) is 0 Å². The summed E-state index contributed by atoms with van der Waals surface area (Å²) in [6.45, 7) is 0. The van der Waals surface area contributed by atoms with Crippen LogP contribution in [0.2, 0.25) is 0 Å². The van der Waals surface area contributed by atoms with Gasteiger partial charge in [-0.15, -0.1) is 0 Å². The van der Waals surface area contributed by atoms with Crippen LogP contribution in [0.4, 0.5) is 31.1 Å². The summed E-state index contributed by atoms with van der Waals surface area (Å²) in [5, 5.41) is 0. The first-order chi connectivity index (χ1) is 11.6. The van der Waals surface area contributed by atoms with Gasteiger partial charge in [-0.1, -0.05) is 24.3 Å². The molecule has 0 atom stereocenters. The molecule has 4 nitrogen and oxygen atoms in total. The highest BCUT2D eigenvalue weighted by atomic mass is 19.4. The Kier molecular flexibility index (Phi) is 5.10. The van der Waals surface area contributed by atoms with Crippen LogP contribution in [0.15, 0.2) is 48.5 Å². The standard InChI is InChI=1S/C15H8F6O4/c16-14(17,18)9-5-1-3-7-11(9)23-13(22)25-24-12-8-4-2-6-10(12)15(19,20)21/h1-8H. The van der Waals surface area contributed by atoms with Crippen molar-refractivity contribution in [2.75, 3.05) is 0 Å². The fraction of sp³-hybridized carbons (Fsp3) is 0.133. The Balaban J connectivity index is 2.09. The molecule has 0 amide bonds. The summed E-state index contributed by atoms with van der Waals surface area (Å²) in [7, 11) is 0. The molecule has 0 fully saturated rings. The van der Waals surface area contributed by atoms with Crippen molar-refractivity contribution < 1.29 is 45.6 Å². The second kappa shape index (κ2) is 6.91. The maximum atomic E-state index is 12.7. The Morgan fingerprint density at radius 2 is 1.16 bits per heavy atom. The van der Waals surface area contributed by atoms with Gasteiger partial charge in [0, 0.05) is 0 Å². The molecule has 0 heterocycles. The van der Waals surface area contributed by atoms with Crippen LogP contribution in [-0.4, -0.2) is 6.16 Å². The predicted molar refractivity (Wildman–Crippen MR) is 70.6 cm³/mol. The lowest BCUT2D eigenvalue weighted by atomic mass is 10.2. The third kappa shape index (κ3) is 4.78. The summed E-state index contributed by atoms with van der Waals surface area (Å²) < 4.78 is 80.7. The van der Waals surface area contributed by atoms with E-state index in [-0.39, 0.29) is 0 Å².